The summed E-state index contributed by atoms with van der Waals surface area (Å²) in [5.41, 5.74) is -0.106. The number of hydrogen-bond donors (Lipinski definition) is 1. The molecular weight excluding hydrogens is 349 g/mol. The molecule has 21 heavy (non-hydrogen) atoms. The first kappa shape index (κ1) is 13.9. The number of halogens is 4. The summed E-state index contributed by atoms with van der Waals surface area (Å²) in [6, 6.07) is 9.53. The number of nitrogens with zero attached hydrogens (tertiary/aromatic N) is 1. The van der Waals surface area contributed by atoms with Crippen LogP contribution in [0.15, 0.2) is 51.7 Å². The second kappa shape index (κ2) is 4.77. The van der Waals surface area contributed by atoms with Crippen molar-refractivity contribution in [1.29, 1.82) is 0 Å². The molecule has 0 aliphatic rings. The topological polar surface area (TPSA) is 37.8 Å². The minimum atomic E-state index is -4.39. The largest absolute Gasteiger partial charge is 0.416 e. The Hall–Kier alpha value is -2.02. The van der Waals surface area contributed by atoms with Crippen LogP contribution in [0.3, 0.4) is 0 Å². The molecule has 3 rings (SSSR count). The predicted molar refractivity (Wildman–Crippen MR) is 76.6 cm³/mol. The fourth-order valence-electron chi connectivity index (χ4n) is 2.07. The van der Waals surface area contributed by atoms with Crippen molar-refractivity contribution in [2.24, 2.45) is 0 Å². The van der Waals surface area contributed by atoms with Crippen LogP contribution in [-0.2, 0) is 6.18 Å². The number of benzene rings is 2. The number of aromatic amines is 1. The molecule has 2 aromatic carbocycles. The van der Waals surface area contributed by atoms with Gasteiger partial charge < -0.3 is 0 Å². The van der Waals surface area contributed by atoms with E-state index in [4.69, 9.17) is 0 Å². The van der Waals surface area contributed by atoms with Gasteiger partial charge in [-0.05, 0) is 42.5 Å². The number of H-pyrrole nitrogens is 1. The summed E-state index contributed by atoms with van der Waals surface area (Å²) in [4.78, 5) is 12.2. The van der Waals surface area contributed by atoms with Crippen molar-refractivity contribution in [2.45, 2.75) is 6.18 Å². The fourth-order valence-corrected chi connectivity index (χ4v) is 2.43. The third kappa shape index (κ3) is 2.49. The van der Waals surface area contributed by atoms with E-state index in [1.165, 1.54) is 16.8 Å². The fraction of sp³-hybridized carbons (Fsp3) is 0.0714. The maximum absolute atomic E-state index is 12.5. The van der Waals surface area contributed by atoms with E-state index in [1.807, 2.05) is 0 Å². The summed E-state index contributed by atoms with van der Waals surface area (Å²) in [5.74, 6) is 0. The Morgan fingerprint density at radius 2 is 1.71 bits per heavy atom. The van der Waals surface area contributed by atoms with Gasteiger partial charge in [-0.1, -0.05) is 15.9 Å². The third-order valence-corrected chi connectivity index (χ3v) is 3.59. The SMILES string of the molecule is O=c1c2ccc(Br)cc2[nH]n1-c1ccc(C(F)(F)F)cc1. The smallest absolute Gasteiger partial charge is 0.290 e. The highest BCUT2D eigenvalue weighted by atomic mass is 79.9. The van der Waals surface area contributed by atoms with Crippen molar-refractivity contribution in [2.75, 3.05) is 0 Å². The maximum atomic E-state index is 12.5. The molecule has 108 valence electrons. The number of rotatable bonds is 1. The summed E-state index contributed by atoms with van der Waals surface area (Å²) < 4.78 is 39.6. The van der Waals surface area contributed by atoms with Gasteiger partial charge in [0.15, 0.2) is 0 Å². The normalized spacial score (nSPS) is 12.0. The van der Waals surface area contributed by atoms with E-state index in [0.717, 1.165) is 16.6 Å². The standard InChI is InChI=1S/C14H8BrF3N2O/c15-9-3-6-11-12(7-9)19-20(13(11)21)10-4-1-8(2-5-10)14(16,17)18/h1-7,19H. The molecule has 0 saturated heterocycles. The van der Waals surface area contributed by atoms with Crippen LogP contribution in [-0.4, -0.2) is 9.78 Å². The van der Waals surface area contributed by atoms with Crippen molar-refractivity contribution < 1.29 is 13.2 Å². The van der Waals surface area contributed by atoms with Crippen LogP contribution in [0, 0.1) is 0 Å². The Morgan fingerprint density at radius 3 is 2.33 bits per heavy atom. The molecule has 0 unspecified atom stereocenters. The molecule has 0 bridgehead atoms. The van der Waals surface area contributed by atoms with Crippen molar-refractivity contribution in [3.63, 3.8) is 0 Å². The molecule has 0 amide bonds. The zero-order valence-electron chi connectivity index (χ0n) is 10.4. The average molecular weight is 357 g/mol. The quantitative estimate of drug-likeness (QED) is 0.700. The van der Waals surface area contributed by atoms with E-state index in [1.54, 1.807) is 18.2 Å². The number of hydrogen-bond acceptors (Lipinski definition) is 1. The first-order valence-electron chi connectivity index (χ1n) is 5.94. The molecule has 0 atom stereocenters. The molecule has 0 saturated carbocycles. The second-order valence-corrected chi connectivity index (χ2v) is 5.40. The average Bonchev–Trinajstić information content (AvgIpc) is 2.74. The summed E-state index contributed by atoms with van der Waals surface area (Å²) >= 11 is 3.30. The van der Waals surface area contributed by atoms with Crippen LogP contribution in [0.2, 0.25) is 0 Å². The molecule has 7 heteroatoms. The molecular formula is C14H8BrF3N2O. The minimum Gasteiger partial charge on any atom is -0.290 e. The molecule has 1 aromatic heterocycles. The van der Waals surface area contributed by atoms with E-state index >= 15 is 0 Å². The van der Waals surface area contributed by atoms with Gasteiger partial charge in [0.05, 0.1) is 22.2 Å². The van der Waals surface area contributed by atoms with Crippen molar-refractivity contribution in [3.05, 3.63) is 62.9 Å². The highest BCUT2D eigenvalue weighted by Gasteiger charge is 2.30. The molecule has 0 radical (unpaired) electrons. The van der Waals surface area contributed by atoms with Gasteiger partial charge in [0, 0.05) is 4.47 Å². The first-order chi connectivity index (χ1) is 9.86. The second-order valence-electron chi connectivity index (χ2n) is 4.49. The zero-order valence-corrected chi connectivity index (χ0v) is 12.0. The van der Waals surface area contributed by atoms with Crippen molar-refractivity contribution >= 4 is 26.8 Å². The monoisotopic (exact) mass is 356 g/mol. The van der Waals surface area contributed by atoms with Gasteiger partial charge in [0.25, 0.3) is 5.56 Å². The predicted octanol–water partition coefficient (Wildman–Crippen LogP) is 4.10. The lowest BCUT2D eigenvalue weighted by Crippen LogP contribution is -2.14. The van der Waals surface area contributed by atoms with E-state index in [9.17, 15) is 18.0 Å². The van der Waals surface area contributed by atoms with Crippen molar-refractivity contribution in [1.82, 2.24) is 9.78 Å². The third-order valence-electron chi connectivity index (χ3n) is 3.10. The molecule has 0 aliphatic heterocycles. The molecule has 3 aromatic rings. The number of aromatic nitrogens is 2. The highest BCUT2D eigenvalue weighted by Crippen LogP contribution is 2.29. The van der Waals surface area contributed by atoms with E-state index < -0.39 is 11.7 Å². The number of fused-ring (bicyclic) bond motifs is 1. The molecule has 1 heterocycles. The molecule has 3 nitrogen and oxygen atoms in total. The summed E-state index contributed by atoms with van der Waals surface area (Å²) in [6.45, 7) is 0. The number of alkyl halides is 3. The minimum absolute atomic E-state index is 0.308. The summed E-state index contributed by atoms with van der Waals surface area (Å²) in [7, 11) is 0. The van der Waals surface area contributed by atoms with Crippen LogP contribution in [0.5, 0.6) is 0 Å². The highest BCUT2D eigenvalue weighted by molar-refractivity contribution is 9.10. The molecule has 0 aliphatic carbocycles. The lowest BCUT2D eigenvalue weighted by molar-refractivity contribution is -0.137. The van der Waals surface area contributed by atoms with Gasteiger partial charge in [-0.15, -0.1) is 0 Å². The Balaban J connectivity index is 2.12. The van der Waals surface area contributed by atoms with Crippen molar-refractivity contribution in [3.8, 4) is 5.69 Å². The van der Waals surface area contributed by atoms with Gasteiger partial charge in [-0.25, -0.2) is 4.68 Å². The Bertz CT molecular complexity index is 863. The van der Waals surface area contributed by atoms with Crippen LogP contribution >= 0.6 is 15.9 Å². The van der Waals surface area contributed by atoms with Gasteiger partial charge in [-0.2, -0.15) is 13.2 Å². The first-order valence-corrected chi connectivity index (χ1v) is 6.73. The van der Waals surface area contributed by atoms with Crippen LogP contribution in [0.4, 0.5) is 13.2 Å². The lowest BCUT2D eigenvalue weighted by atomic mass is 10.2. The summed E-state index contributed by atoms with van der Waals surface area (Å²) in [6.07, 6.45) is -4.39. The van der Waals surface area contributed by atoms with Crippen LogP contribution in [0.25, 0.3) is 16.6 Å². The molecule has 1 N–H and O–H groups in total. The van der Waals surface area contributed by atoms with Gasteiger partial charge in [0.1, 0.15) is 0 Å². The maximum Gasteiger partial charge on any atom is 0.416 e. The van der Waals surface area contributed by atoms with E-state index in [-0.39, 0.29) is 5.56 Å². The van der Waals surface area contributed by atoms with Gasteiger partial charge in [-0.3, -0.25) is 9.89 Å². The lowest BCUT2D eigenvalue weighted by Gasteiger charge is -2.07. The van der Waals surface area contributed by atoms with Crippen LogP contribution in [0.1, 0.15) is 5.56 Å². The zero-order chi connectivity index (χ0) is 15.2. The number of nitrogens with one attached hydrogen (secondary N) is 1. The Morgan fingerprint density at radius 1 is 1.05 bits per heavy atom. The van der Waals surface area contributed by atoms with E-state index in [2.05, 4.69) is 21.0 Å². The summed E-state index contributed by atoms with van der Waals surface area (Å²) in [5, 5.41) is 3.34. The molecule has 0 spiro atoms. The van der Waals surface area contributed by atoms with E-state index in [0.29, 0.717) is 16.6 Å². The molecule has 0 fully saturated rings. The van der Waals surface area contributed by atoms with Gasteiger partial charge in [0.2, 0.25) is 0 Å². The van der Waals surface area contributed by atoms with Gasteiger partial charge >= 0.3 is 6.18 Å². The van der Waals surface area contributed by atoms with Crippen LogP contribution < -0.4 is 5.56 Å². The Kier molecular flexibility index (Phi) is 3.16. The Labute approximate surface area is 125 Å².